The molecule has 1 aliphatic rings. The van der Waals surface area contributed by atoms with Gasteiger partial charge in [-0.15, -0.1) is 0 Å². The third-order valence-electron chi connectivity index (χ3n) is 4.44. The summed E-state index contributed by atoms with van der Waals surface area (Å²) in [6.45, 7) is 4.39. The number of aromatic nitrogens is 2. The average molecular weight is 344 g/mol. The normalized spacial score (nSPS) is 14.6. The summed E-state index contributed by atoms with van der Waals surface area (Å²) in [4.78, 5) is 26.3. The predicted octanol–water partition coefficient (Wildman–Crippen LogP) is 1.06. The van der Waals surface area contributed by atoms with E-state index >= 15 is 0 Å². The molecule has 1 saturated heterocycles. The van der Waals surface area contributed by atoms with Gasteiger partial charge in [-0.05, 0) is 31.2 Å². The number of rotatable bonds is 4. The summed E-state index contributed by atoms with van der Waals surface area (Å²) in [5, 5.41) is 15.5. The Morgan fingerprint density at radius 3 is 2.24 bits per heavy atom. The largest absolute Gasteiger partial charge is 0.368 e. The zero-order valence-corrected chi connectivity index (χ0v) is 14.2. The Morgan fingerprint density at radius 1 is 1.16 bits per heavy atom. The highest BCUT2D eigenvalue weighted by Gasteiger charge is 2.30. The first kappa shape index (κ1) is 16.7. The summed E-state index contributed by atoms with van der Waals surface area (Å²) in [5.41, 5.74) is 7.23. The Morgan fingerprint density at radius 2 is 1.72 bits per heavy atom. The minimum atomic E-state index is -0.449. The number of nitrogens with two attached hydrogens (primary N) is 1. The van der Waals surface area contributed by atoms with Crippen molar-refractivity contribution in [2.45, 2.75) is 6.92 Å². The average Bonchev–Trinajstić information content (AvgIpc) is 2.89. The standard InChI is InChI=1S/C16H20N6O3/c1-11-14(22(24)25)16(19(2)18-11)21-9-7-20(8-10-21)13-5-3-12(4-6-13)15(17)23/h3-6H,7-10H2,1-2H3,(H2,17,23). The molecule has 0 aliphatic carbocycles. The van der Waals surface area contributed by atoms with Gasteiger partial charge >= 0.3 is 5.69 Å². The zero-order valence-electron chi connectivity index (χ0n) is 14.2. The number of nitro groups is 1. The van der Waals surface area contributed by atoms with Gasteiger partial charge in [-0.25, -0.2) is 4.68 Å². The van der Waals surface area contributed by atoms with Crippen molar-refractivity contribution < 1.29 is 9.72 Å². The third-order valence-corrected chi connectivity index (χ3v) is 4.44. The van der Waals surface area contributed by atoms with Gasteiger partial charge in [0.1, 0.15) is 5.69 Å². The topological polar surface area (TPSA) is 111 Å². The van der Waals surface area contributed by atoms with E-state index in [-0.39, 0.29) is 10.6 Å². The van der Waals surface area contributed by atoms with Gasteiger partial charge in [-0.2, -0.15) is 5.10 Å². The molecule has 0 atom stereocenters. The molecule has 0 bridgehead atoms. The smallest absolute Gasteiger partial charge is 0.333 e. The van der Waals surface area contributed by atoms with Crippen molar-refractivity contribution in [1.82, 2.24) is 9.78 Å². The van der Waals surface area contributed by atoms with Gasteiger partial charge in [-0.1, -0.05) is 0 Å². The Labute approximate surface area is 144 Å². The second-order valence-corrected chi connectivity index (χ2v) is 6.02. The number of hydrogen-bond acceptors (Lipinski definition) is 6. The molecule has 0 unspecified atom stereocenters. The molecule has 1 fully saturated rings. The maximum Gasteiger partial charge on any atom is 0.333 e. The lowest BCUT2D eigenvalue weighted by Gasteiger charge is -2.36. The van der Waals surface area contributed by atoms with Crippen molar-refractivity contribution in [3.8, 4) is 0 Å². The summed E-state index contributed by atoms with van der Waals surface area (Å²) < 4.78 is 1.57. The predicted molar refractivity (Wildman–Crippen MR) is 94.0 cm³/mol. The molecule has 9 nitrogen and oxygen atoms in total. The van der Waals surface area contributed by atoms with Crippen LogP contribution in [0.15, 0.2) is 24.3 Å². The monoisotopic (exact) mass is 344 g/mol. The minimum Gasteiger partial charge on any atom is -0.368 e. The van der Waals surface area contributed by atoms with E-state index in [2.05, 4.69) is 10.00 Å². The van der Waals surface area contributed by atoms with Crippen molar-refractivity contribution in [1.29, 1.82) is 0 Å². The Bertz CT molecular complexity index is 806. The quantitative estimate of drug-likeness (QED) is 0.656. The fourth-order valence-corrected chi connectivity index (χ4v) is 3.22. The van der Waals surface area contributed by atoms with Crippen LogP contribution in [0.2, 0.25) is 0 Å². The molecule has 25 heavy (non-hydrogen) atoms. The molecule has 1 aliphatic heterocycles. The molecule has 1 aromatic carbocycles. The van der Waals surface area contributed by atoms with Crippen LogP contribution < -0.4 is 15.5 Å². The van der Waals surface area contributed by atoms with Crippen molar-refractivity contribution in [3.05, 3.63) is 45.6 Å². The maximum atomic E-state index is 11.3. The highest BCUT2D eigenvalue weighted by atomic mass is 16.6. The van der Waals surface area contributed by atoms with Crippen molar-refractivity contribution in [3.63, 3.8) is 0 Å². The molecule has 1 aromatic heterocycles. The van der Waals surface area contributed by atoms with Gasteiger partial charge in [0.15, 0.2) is 0 Å². The van der Waals surface area contributed by atoms with Crippen LogP contribution in [0.5, 0.6) is 0 Å². The molecule has 2 aromatic rings. The van der Waals surface area contributed by atoms with Crippen LogP contribution >= 0.6 is 0 Å². The Hall–Kier alpha value is -3.10. The van der Waals surface area contributed by atoms with Crippen molar-refractivity contribution in [2.24, 2.45) is 12.8 Å². The SMILES string of the molecule is Cc1nn(C)c(N2CCN(c3ccc(C(N)=O)cc3)CC2)c1[N+](=O)[O-]. The number of primary amides is 1. The zero-order chi connectivity index (χ0) is 18.1. The number of hydrogen-bond donors (Lipinski definition) is 1. The summed E-state index contributed by atoms with van der Waals surface area (Å²) in [6, 6.07) is 7.15. The first-order valence-electron chi connectivity index (χ1n) is 7.96. The Balaban J connectivity index is 1.74. The molecule has 0 radical (unpaired) electrons. The fraction of sp³-hybridized carbons (Fsp3) is 0.375. The van der Waals surface area contributed by atoms with E-state index in [0.717, 1.165) is 18.8 Å². The second-order valence-electron chi connectivity index (χ2n) is 6.02. The number of amides is 1. The number of piperazine rings is 1. The van der Waals surface area contributed by atoms with E-state index in [4.69, 9.17) is 5.73 Å². The fourth-order valence-electron chi connectivity index (χ4n) is 3.22. The third kappa shape index (κ3) is 3.12. The van der Waals surface area contributed by atoms with Crippen LogP contribution in [0, 0.1) is 17.0 Å². The molecular weight excluding hydrogens is 324 g/mol. The lowest BCUT2D eigenvalue weighted by atomic mass is 10.1. The summed E-state index contributed by atoms with van der Waals surface area (Å²) >= 11 is 0. The van der Waals surface area contributed by atoms with E-state index in [1.54, 1.807) is 30.8 Å². The van der Waals surface area contributed by atoms with Crippen LogP contribution in [0.1, 0.15) is 16.1 Å². The molecule has 2 heterocycles. The van der Waals surface area contributed by atoms with Gasteiger partial charge < -0.3 is 15.5 Å². The Kier molecular flexibility index (Phi) is 4.30. The summed E-state index contributed by atoms with van der Waals surface area (Å²) in [5.74, 6) is 0.0986. The minimum absolute atomic E-state index is 0.0711. The summed E-state index contributed by atoms with van der Waals surface area (Å²) in [6.07, 6.45) is 0. The van der Waals surface area contributed by atoms with Crippen molar-refractivity contribution in [2.75, 3.05) is 36.0 Å². The van der Waals surface area contributed by atoms with Gasteiger partial charge in [0.05, 0.1) is 4.92 Å². The first-order chi connectivity index (χ1) is 11.9. The molecule has 132 valence electrons. The van der Waals surface area contributed by atoms with E-state index in [9.17, 15) is 14.9 Å². The lowest BCUT2D eigenvalue weighted by molar-refractivity contribution is -0.384. The van der Waals surface area contributed by atoms with Gasteiger partial charge in [0.2, 0.25) is 11.7 Å². The molecular formula is C16H20N6O3. The lowest BCUT2D eigenvalue weighted by Crippen LogP contribution is -2.47. The van der Waals surface area contributed by atoms with Crippen LogP contribution in [0.4, 0.5) is 17.2 Å². The van der Waals surface area contributed by atoms with E-state index in [1.165, 1.54) is 0 Å². The molecule has 1 amide bonds. The number of carbonyl (C=O) groups is 1. The van der Waals surface area contributed by atoms with Crippen LogP contribution in [-0.2, 0) is 7.05 Å². The first-order valence-corrected chi connectivity index (χ1v) is 7.96. The highest BCUT2D eigenvalue weighted by Crippen LogP contribution is 2.32. The van der Waals surface area contributed by atoms with E-state index in [0.29, 0.717) is 30.2 Å². The molecule has 2 N–H and O–H groups in total. The van der Waals surface area contributed by atoms with Gasteiger partial charge in [0, 0.05) is 44.5 Å². The molecule has 0 spiro atoms. The highest BCUT2D eigenvalue weighted by molar-refractivity contribution is 5.93. The van der Waals surface area contributed by atoms with Crippen LogP contribution in [0.3, 0.4) is 0 Å². The van der Waals surface area contributed by atoms with Crippen LogP contribution in [-0.4, -0.2) is 46.8 Å². The number of nitrogens with zero attached hydrogens (tertiary/aromatic N) is 5. The van der Waals surface area contributed by atoms with Crippen molar-refractivity contribution >= 4 is 23.1 Å². The number of aryl methyl sites for hydroxylation is 2. The number of carbonyl (C=O) groups excluding carboxylic acids is 1. The summed E-state index contributed by atoms with van der Waals surface area (Å²) in [7, 11) is 1.73. The van der Waals surface area contributed by atoms with Crippen LogP contribution in [0.25, 0.3) is 0 Å². The van der Waals surface area contributed by atoms with E-state index < -0.39 is 5.91 Å². The second kappa shape index (κ2) is 6.42. The van der Waals surface area contributed by atoms with E-state index in [1.807, 2.05) is 17.0 Å². The number of anilines is 2. The maximum absolute atomic E-state index is 11.3. The molecule has 9 heteroatoms. The molecule has 0 saturated carbocycles. The van der Waals surface area contributed by atoms with Gasteiger partial charge in [-0.3, -0.25) is 14.9 Å². The van der Waals surface area contributed by atoms with Gasteiger partial charge in [0.25, 0.3) is 0 Å². The number of benzene rings is 1. The molecule has 3 rings (SSSR count).